The van der Waals surface area contributed by atoms with Gasteiger partial charge in [-0.2, -0.15) is 0 Å². The van der Waals surface area contributed by atoms with Gasteiger partial charge in [-0.05, 0) is 26.9 Å². The molecule has 0 aliphatic rings. The number of rotatable bonds is 5. The first kappa shape index (κ1) is 12.6. The highest BCUT2D eigenvalue weighted by molar-refractivity contribution is 6.71. The second-order valence-electron chi connectivity index (χ2n) is 4.02. The molecular formula is C9H20O3Si. The average Bonchev–Trinajstić information content (AvgIpc) is 1.81. The Hall–Kier alpha value is -0.353. The predicted molar refractivity (Wildman–Crippen MR) is 55.1 cm³/mol. The van der Waals surface area contributed by atoms with Crippen LogP contribution in [0.15, 0.2) is 0 Å². The molecule has 13 heavy (non-hydrogen) atoms. The normalized spacial score (nSPS) is 11.8. The zero-order valence-electron chi connectivity index (χ0n) is 9.22. The molecule has 0 aromatic heterocycles. The fourth-order valence-corrected chi connectivity index (χ4v) is 3.13. The Kier molecular flexibility index (Phi) is 5.25. The zero-order valence-corrected chi connectivity index (χ0v) is 10.2. The van der Waals surface area contributed by atoms with E-state index >= 15 is 0 Å². The van der Waals surface area contributed by atoms with Crippen molar-refractivity contribution in [1.82, 2.24) is 0 Å². The number of carbonyl (C=O) groups excluding carboxylic acids is 1. The Morgan fingerprint density at radius 3 is 2.31 bits per heavy atom. The molecule has 4 heteroatoms. The van der Waals surface area contributed by atoms with Crippen LogP contribution in [-0.2, 0) is 14.0 Å². The van der Waals surface area contributed by atoms with Gasteiger partial charge in [-0.25, -0.2) is 0 Å². The van der Waals surface area contributed by atoms with Gasteiger partial charge in [0.1, 0.15) is 0 Å². The Balaban J connectivity index is 3.68. The van der Waals surface area contributed by atoms with Crippen LogP contribution in [0.4, 0.5) is 0 Å². The number of hydrogen-bond donors (Lipinski definition) is 0. The SMILES string of the molecule is CC(=O)OCC[Si](C)(C)OC(C)C. The minimum absolute atomic E-state index is 0.214. The summed E-state index contributed by atoms with van der Waals surface area (Å²) in [7, 11) is -1.61. The minimum atomic E-state index is -1.61. The van der Waals surface area contributed by atoms with Crippen LogP contribution in [0.25, 0.3) is 0 Å². The molecule has 0 aliphatic carbocycles. The lowest BCUT2D eigenvalue weighted by Gasteiger charge is -2.25. The van der Waals surface area contributed by atoms with Crippen molar-refractivity contribution < 1.29 is 14.0 Å². The summed E-state index contributed by atoms with van der Waals surface area (Å²) < 4.78 is 10.6. The summed E-state index contributed by atoms with van der Waals surface area (Å²) in [6.07, 6.45) is 0.263. The first-order chi connectivity index (χ1) is 5.83. The molecule has 0 N–H and O–H groups in total. The van der Waals surface area contributed by atoms with E-state index in [-0.39, 0.29) is 12.1 Å². The number of esters is 1. The van der Waals surface area contributed by atoms with Gasteiger partial charge < -0.3 is 9.16 Å². The van der Waals surface area contributed by atoms with E-state index in [2.05, 4.69) is 13.1 Å². The van der Waals surface area contributed by atoms with Gasteiger partial charge in [0.25, 0.3) is 0 Å². The molecule has 3 nitrogen and oxygen atoms in total. The van der Waals surface area contributed by atoms with Crippen LogP contribution in [0, 0.1) is 0 Å². The smallest absolute Gasteiger partial charge is 0.302 e. The van der Waals surface area contributed by atoms with Crippen molar-refractivity contribution in [2.45, 2.75) is 46.0 Å². The number of carbonyl (C=O) groups is 1. The molecule has 0 spiro atoms. The van der Waals surface area contributed by atoms with E-state index in [1.807, 2.05) is 13.8 Å². The molecule has 0 saturated heterocycles. The van der Waals surface area contributed by atoms with Crippen LogP contribution in [0.2, 0.25) is 19.1 Å². The van der Waals surface area contributed by atoms with Crippen molar-refractivity contribution in [3.8, 4) is 0 Å². The quantitative estimate of drug-likeness (QED) is 0.508. The van der Waals surface area contributed by atoms with Gasteiger partial charge in [0.15, 0.2) is 8.32 Å². The van der Waals surface area contributed by atoms with Crippen molar-refractivity contribution in [2.75, 3.05) is 6.61 Å². The third-order valence-corrected chi connectivity index (χ3v) is 4.08. The van der Waals surface area contributed by atoms with Gasteiger partial charge in [-0.1, -0.05) is 0 Å². The largest absolute Gasteiger partial charge is 0.466 e. The summed E-state index contributed by atoms with van der Waals surface area (Å²) in [5.41, 5.74) is 0. The number of ether oxygens (including phenoxy) is 1. The highest BCUT2D eigenvalue weighted by Gasteiger charge is 2.23. The average molecular weight is 204 g/mol. The molecule has 0 aliphatic heterocycles. The molecule has 0 saturated carbocycles. The Morgan fingerprint density at radius 2 is 1.92 bits per heavy atom. The van der Waals surface area contributed by atoms with Crippen molar-refractivity contribution in [3.63, 3.8) is 0 Å². The summed E-state index contributed by atoms with van der Waals surface area (Å²) in [6, 6.07) is 0.866. The topological polar surface area (TPSA) is 35.5 Å². The van der Waals surface area contributed by atoms with Crippen molar-refractivity contribution >= 4 is 14.3 Å². The van der Waals surface area contributed by atoms with E-state index in [9.17, 15) is 4.79 Å². The van der Waals surface area contributed by atoms with Gasteiger partial charge >= 0.3 is 5.97 Å². The predicted octanol–water partition coefficient (Wildman–Crippen LogP) is 2.18. The molecule has 0 bridgehead atoms. The van der Waals surface area contributed by atoms with Crippen molar-refractivity contribution in [1.29, 1.82) is 0 Å². The van der Waals surface area contributed by atoms with Crippen LogP contribution < -0.4 is 0 Å². The van der Waals surface area contributed by atoms with Gasteiger partial charge in [0.2, 0.25) is 0 Å². The monoisotopic (exact) mass is 204 g/mol. The van der Waals surface area contributed by atoms with E-state index in [1.54, 1.807) is 0 Å². The van der Waals surface area contributed by atoms with E-state index in [1.165, 1.54) is 6.92 Å². The maximum Gasteiger partial charge on any atom is 0.302 e. The van der Waals surface area contributed by atoms with Crippen LogP contribution in [0.1, 0.15) is 20.8 Å². The molecule has 0 aromatic rings. The van der Waals surface area contributed by atoms with Crippen molar-refractivity contribution in [3.05, 3.63) is 0 Å². The van der Waals surface area contributed by atoms with Crippen LogP contribution >= 0.6 is 0 Å². The molecule has 0 unspecified atom stereocenters. The van der Waals surface area contributed by atoms with E-state index in [0.717, 1.165) is 6.04 Å². The van der Waals surface area contributed by atoms with Gasteiger partial charge in [-0.15, -0.1) is 0 Å². The molecule has 0 atom stereocenters. The highest BCUT2D eigenvalue weighted by atomic mass is 28.4. The zero-order chi connectivity index (χ0) is 10.5. The molecule has 0 amide bonds. The summed E-state index contributed by atoms with van der Waals surface area (Å²) in [4.78, 5) is 10.5. The van der Waals surface area contributed by atoms with Gasteiger partial charge in [-0.3, -0.25) is 4.79 Å². The second kappa shape index (κ2) is 5.39. The maximum atomic E-state index is 10.5. The molecule has 0 rings (SSSR count). The van der Waals surface area contributed by atoms with Gasteiger partial charge in [0.05, 0.1) is 6.61 Å². The Bertz CT molecular complexity index is 166. The molecule has 78 valence electrons. The lowest BCUT2D eigenvalue weighted by Crippen LogP contribution is -2.34. The van der Waals surface area contributed by atoms with Crippen LogP contribution in [-0.4, -0.2) is 27.0 Å². The number of hydrogen-bond acceptors (Lipinski definition) is 3. The molecular weight excluding hydrogens is 184 g/mol. The van der Waals surface area contributed by atoms with Crippen LogP contribution in [0.5, 0.6) is 0 Å². The van der Waals surface area contributed by atoms with Gasteiger partial charge in [0, 0.05) is 19.1 Å². The highest BCUT2D eigenvalue weighted by Crippen LogP contribution is 2.13. The molecule has 0 radical (unpaired) electrons. The fraction of sp³-hybridized carbons (Fsp3) is 0.889. The maximum absolute atomic E-state index is 10.5. The summed E-state index contributed by atoms with van der Waals surface area (Å²) in [6.45, 7) is 10.2. The summed E-state index contributed by atoms with van der Waals surface area (Å²) >= 11 is 0. The summed E-state index contributed by atoms with van der Waals surface area (Å²) in [5, 5.41) is 0. The van der Waals surface area contributed by atoms with E-state index in [4.69, 9.17) is 9.16 Å². The van der Waals surface area contributed by atoms with E-state index in [0.29, 0.717) is 6.61 Å². The lowest BCUT2D eigenvalue weighted by molar-refractivity contribution is -0.140. The third-order valence-electron chi connectivity index (χ3n) is 1.56. The minimum Gasteiger partial charge on any atom is -0.466 e. The molecule has 0 heterocycles. The Labute approximate surface area is 81.6 Å². The van der Waals surface area contributed by atoms with Crippen LogP contribution in [0.3, 0.4) is 0 Å². The molecule has 0 aromatic carbocycles. The summed E-state index contributed by atoms with van der Waals surface area (Å²) in [5.74, 6) is -0.214. The fourth-order valence-electron chi connectivity index (χ4n) is 1.14. The van der Waals surface area contributed by atoms with E-state index < -0.39 is 8.32 Å². The first-order valence-electron chi connectivity index (χ1n) is 4.65. The standard InChI is InChI=1S/C9H20O3Si/c1-8(2)12-13(4,5)7-6-11-9(3)10/h8H,6-7H2,1-5H3. The third kappa shape index (κ3) is 7.99. The lowest BCUT2D eigenvalue weighted by atomic mass is 10.5. The molecule has 0 fully saturated rings. The Morgan fingerprint density at radius 1 is 1.38 bits per heavy atom. The first-order valence-corrected chi connectivity index (χ1v) is 7.76. The second-order valence-corrected chi connectivity index (χ2v) is 8.27. The van der Waals surface area contributed by atoms with Crippen molar-refractivity contribution in [2.24, 2.45) is 0 Å².